The van der Waals surface area contributed by atoms with E-state index in [1.807, 2.05) is 0 Å². The van der Waals surface area contributed by atoms with Crippen molar-refractivity contribution in [2.75, 3.05) is 27.7 Å². The summed E-state index contributed by atoms with van der Waals surface area (Å²) >= 11 is 0. The summed E-state index contributed by atoms with van der Waals surface area (Å²) in [5.41, 5.74) is 2.44. The largest absolute Gasteiger partial charge is 0.497 e. The van der Waals surface area contributed by atoms with Crippen LogP contribution >= 0.6 is 0 Å². The molecule has 0 radical (unpaired) electrons. The molecule has 0 aromatic heterocycles. The number of benzene rings is 1. The lowest BCUT2D eigenvalue weighted by atomic mass is 9.51. The number of ketones is 1. The molecule has 1 saturated heterocycles. The maximum atomic E-state index is 13.3. The third-order valence-corrected chi connectivity index (χ3v) is 6.61. The van der Waals surface area contributed by atoms with Crippen LogP contribution in [0.1, 0.15) is 36.8 Å². The Labute approximate surface area is 132 Å². The Hall–Kier alpha value is -1.35. The number of ether oxygens (including phenoxy) is 1. The molecule has 1 saturated carbocycles. The van der Waals surface area contributed by atoms with Gasteiger partial charge in [0.1, 0.15) is 12.3 Å². The molecule has 3 aliphatic rings. The Kier molecular flexibility index (Phi) is 2.96. The molecule has 1 aliphatic heterocycles. The van der Waals surface area contributed by atoms with Crippen LogP contribution < -0.4 is 4.74 Å². The second-order valence-electron chi connectivity index (χ2n) is 7.98. The molecular weight excluding hydrogens is 274 g/mol. The predicted octanol–water partition coefficient (Wildman–Crippen LogP) is 2.71. The van der Waals surface area contributed by atoms with E-state index in [1.165, 1.54) is 30.4 Å². The van der Waals surface area contributed by atoms with Gasteiger partial charge in [0.25, 0.3) is 0 Å². The number of rotatable bonds is 1. The number of carbonyl (C=O) groups excluding carboxylic acids is 1. The molecule has 1 aromatic rings. The molecule has 1 aromatic carbocycles. The molecule has 3 nitrogen and oxygen atoms in total. The van der Waals surface area contributed by atoms with Crippen molar-refractivity contribution in [1.82, 2.24) is 0 Å². The molecule has 1 heterocycles. The molecule has 3 atom stereocenters. The summed E-state index contributed by atoms with van der Waals surface area (Å²) in [6, 6.07) is 7.00. The van der Waals surface area contributed by atoms with Gasteiger partial charge in [-0.3, -0.25) is 4.79 Å². The summed E-state index contributed by atoms with van der Waals surface area (Å²) in [5.74, 6) is 1.87. The summed E-state index contributed by atoms with van der Waals surface area (Å²) in [4.78, 5) is 13.3. The van der Waals surface area contributed by atoms with Crippen LogP contribution in [0.2, 0.25) is 0 Å². The van der Waals surface area contributed by atoms with Crippen molar-refractivity contribution in [2.45, 2.75) is 43.6 Å². The lowest BCUT2D eigenvalue weighted by Crippen LogP contribution is -2.71. The highest BCUT2D eigenvalue weighted by Crippen LogP contribution is 2.55. The van der Waals surface area contributed by atoms with Crippen molar-refractivity contribution < 1.29 is 14.0 Å². The van der Waals surface area contributed by atoms with Crippen LogP contribution in [0.4, 0.5) is 0 Å². The minimum absolute atomic E-state index is 0.223. The fourth-order valence-corrected chi connectivity index (χ4v) is 5.56. The summed E-state index contributed by atoms with van der Waals surface area (Å²) in [5, 5.41) is 0. The predicted molar refractivity (Wildman–Crippen MR) is 86.1 cm³/mol. The van der Waals surface area contributed by atoms with E-state index in [2.05, 4.69) is 32.3 Å². The monoisotopic (exact) mass is 300 g/mol. The fourth-order valence-electron chi connectivity index (χ4n) is 5.56. The minimum atomic E-state index is -0.223. The molecular formula is C19H26NO2+. The van der Waals surface area contributed by atoms with Gasteiger partial charge in [-0.05, 0) is 36.1 Å². The quantitative estimate of drug-likeness (QED) is 0.746. The molecule has 0 spiro atoms. The van der Waals surface area contributed by atoms with E-state index in [0.29, 0.717) is 24.3 Å². The average molecular weight is 300 g/mol. The molecule has 2 bridgehead atoms. The Morgan fingerprint density at radius 2 is 2.09 bits per heavy atom. The molecule has 4 rings (SSSR count). The Morgan fingerprint density at radius 1 is 1.27 bits per heavy atom. The van der Waals surface area contributed by atoms with Crippen molar-refractivity contribution in [3.8, 4) is 5.75 Å². The van der Waals surface area contributed by atoms with Gasteiger partial charge in [0, 0.05) is 12.3 Å². The third kappa shape index (κ3) is 1.69. The van der Waals surface area contributed by atoms with E-state index >= 15 is 0 Å². The smallest absolute Gasteiger partial charge is 0.197 e. The number of Topliss-reactive ketones (excluding diaryl/α,β-unsaturated/α-hetero) is 1. The first-order chi connectivity index (χ1) is 10.5. The summed E-state index contributed by atoms with van der Waals surface area (Å²) in [6.07, 6.45) is 5.79. The van der Waals surface area contributed by atoms with Gasteiger partial charge < -0.3 is 9.22 Å². The van der Waals surface area contributed by atoms with Crippen molar-refractivity contribution in [3.63, 3.8) is 0 Å². The summed E-state index contributed by atoms with van der Waals surface area (Å²) in [6.45, 7) is 0.678. The van der Waals surface area contributed by atoms with Crippen LogP contribution in [-0.4, -0.2) is 44.1 Å². The molecule has 0 amide bonds. The van der Waals surface area contributed by atoms with Crippen molar-refractivity contribution in [3.05, 3.63) is 29.3 Å². The number of hydrogen-bond acceptors (Lipinski definition) is 2. The van der Waals surface area contributed by atoms with Gasteiger partial charge in [-0.25, -0.2) is 0 Å². The van der Waals surface area contributed by atoms with E-state index in [4.69, 9.17) is 4.74 Å². The van der Waals surface area contributed by atoms with E-state index < -0.39 is 0 Å². The van der Waals surface area contributed by atoms with Crippen molar-refractivity contribution >= 4 is 5.78 Å². The maximum Gasteiger partial charge on any atom is 0.197 e. The Balaban J connectivity index is 1.96. The van der Waals surface area contributed by atoms with Crippen molar-refractivity contribution in [1.29, 1.82) is 0 Å². The highest BCUT2D eigenvalue weighted by atomic mass is 16.5. The van der Waals surface area contributed by atoms with E-state index in [1.54, 1.807) is 7.11 Å². The normalized spacial score (nSPS) is 35.5. The van der Waals surface area contributed by atoms with Crippen LogP contribution in [0.3, 0.4) is 0 Å². The van der Waals surface area contributed by atoms with Gasteiger partial charge in [0.2, 0.25) is 0 Å². The minimum Gasteiger partial charge on any atom is -0.497 e. The van der Waals surface area contributed by atoms with Gasteiger partial charge >= 0.3 is 0 Å². The first kappa shape index (κ1) is 14.3. The topological polar surface area (TPSA) is 26.3 Å². The third-order valence-electron chi connectivity index (χ3n) is 6.61. The van der Waals surface area contributed by atoms with Gasteiger partial charge in [0.15, 0.2) is 5.78 Å². The zero-order valence-electron chi connectivity index (χ0n) is 13.9. The number of carbonyl (C=O) groups is 1. The molecule has 22 heavy (non-hydrogen) atoms. The highest BCUT2D eigenvalue weighted by Gasteiger charge is 2.62. The molecule has 0 N–H and O–H groups in total. The van der Waals surface area contributed by atoms with Gasteiger partial charge in [-0.1, -0.05) is 18.9 Å². The second kappa shape index (κ2) is 4.58. The number of hydrogen-bond donors (Lipinski definition) is 0. The number of likely N-dealkylation sites (tertiary alicyclic amines) is 1. The standard InChI is InChI=1S/C19H26NO2/c1-20(2)12-18(21)19-9-5-4-6-15(19)17(20)10-13-7-8-14(22-3)11-16(13)19/h7-8,11,15,17H,4-6,9-10,12H2,1-3H3/q+1. The van der Waals surface area contributed by atoms with Gasteiger partial charge in [0.05, 0.1) is 32.7 Å². The van der Waals surface area contributed by atoms with Crippen LogP contribution in [0.5, 0.6) is 5.75 Å². The maximum absolute atomic E-state index is 13.3. The SMILES string of the molecule is COc1ccc2c(c1)C13CCCCC1C(C2)[N+](C)(C)CC3=O. The highest BCUT2D eigenvalue weighted by molar-refractivity contribution is 5.93. The molecule has 3 unspecified atom stereocenters. The lowest BCUT2D eigenvalue weighted by molar-refractivity contribution is -0.916. The van der Waals surface area contributed by atoms with Crippen molar-refractivity contribution in [2.24, 2.45) is 5.92 Å². The summed E-state index contributed by atoms with van der Waals surface area (Å²) in [7, 11) is 6.21. The fraction of sp³-hybridized carbons (Fsp3) is 0.632. The molecule has 118 valence electrons. The number of fused-ring (bicyclic) bond motifs is 1. The number of likely N-dealkylation sites (N-methyl/N-ethyl adjacent to an activating group) is 1. The first-order valence-electron chi connectivity index (χ1n) is 8.52. The van der Waals surface area contributed by atoms with Crippen LogP contribution in [-0.2, 0) is 16.6 Å². The number of piperidine rings is 1. The Bertz CT molecular complexity index is 636. The zero-order valence-corrected chi connectivity index (χ0v) is 13.9. The number of quaternary nitrogens is 1. The lowest BCUT2D eigenvalue weighted by Gasteiger charge is -2.59. The Morgan fingerprint density at radius 3 is 2.86 bits per heavy atom. The van der Waals surface area contributed by atoms with Gasteiger partial charge in [-0.15, -0.1) is 0 Å². The number of methoxy groups -OCH3 is 1. The molecule has 3 heteroatoms. The van der Waals surface area contributed by atoms with E-state index in [-0.39, 0.29) is 5.41 Å². The van der Waals surface area contributed by atoms with Crippen LogP contribution in [0, 0.1) is 5.92 Å². The molecule has 2 fully saturated rings. The van der Waals surface area contributed by atoms with E-state index in [9.17, 15) is 4.79 Å². The number of nitrogens with zero attached hydrogens (tertiary/aromatic N) is 1. The average Bonchev–Trinajstić information content (AvgIpc) is 2.51. The first-order valence-corrected chi connectivity index (χ1v) is 8.52. The van der Waals surface area contributed by atoms with E-state index in [0.717, 1.165) is 23.1 Å². The van der Waals surface area contributed by atoms with Gasteiger partial charge in [-0.2, -0.15) is 0 Å². The molecule has 2 aliphatic carbocycles. The zero-order chi connectivity index (χ0) is 15.5. The van der Waals surface area contributed by atoms with Crippen LogP contribution in [0.15, 0.2) is 18.2 Å². The summed E-state index contributed by atoms with van der Waals surface area (Å²) < 4.78 is 6.31. The second-order valence-corrected chi connectivity index (χ2v) is 7.98. The van der Waals surface area contributed by atoms with Crippen LogP contribution in [0.25, 0.3) is 0 Å².